The molecule has 1 saturated carbocycles. The van der Waals surface area contributed by atoms with Gasteiger partial charge in [0, 0.05) is 12.5 Å². The Hall–Kier alpha value is -1.59. The average Bonchev–Trinajstić information content (AvgIpc) is 2.68. The van der Waals surface area contributed by atoms with Crippen LogP contribution in [0.3, 0.4) is 0 Å². The van der Waals surface area contributed by atoms with E-state index in [1.807, 2.05) is 37.3 Å². The van der Waals surface area contributed by atoms with Gasteiger partial charge < -0.3 is 20.8 Å². The van der Waals surface area contributed by atoms with Crippen molar-refractivity contribution in [2.45, 2.75) is 37.5 Å². The summed E-state index contributed by atoms with van der Waals surface area (Å²) in [4.78, 5) is 11.6. The van der Waals surface area contributed by atoms with Crippen LogP contribution in [-0.2, 0) is 0 Å². The summed E-state index contributed by atoms with van der Waals surface area (Å²) in [7, 11) is 0. The summed E-state index contributed by atoms with van der Waals surface area (Å²) in [5.74, 6) is -0.0752. The highest BCUT2D eigenvalue weighted by atomic mass is 16.3. The van der Waals surface area contributed by atoms with Crippen molar-refractivity contribution in [3.8, 4) is 0 Å². The molecule has 4 atom stereocenters. The summed E-state index contributed by atoms with van der Waals surface area (Å²) in [5, 5.41) is 25.2. The van der Waals surface area contributed by atoms with E-state index in [1.54, 1.807) is 0 Å². The molecule has 104 valence electrons. The maximum atomic E-state index is 11.6. The van der Waals surface area contributed by atoms with E-state index in [4.69, 9.17) is 0 Å². The second kappa shape index (κ2) is 6.04. The van der Waals surface area contributed by atoms with Gasteiger partial charge in [-0.05, 0) is 18.9 Å². The normalized spacial score (nSPS) is 30.1. The van der Waals surface area contributed by atoms with Crippen molar-refractivity contribution in [1.82, 2.24) is 10.6 Å². The molecule has 1 fully saturated rings. The second-order valence-electron chi connectivity index (χ2n) is 4.84. The highest BCUT2D eigenvalue weighted by molar-refractivity contribution is 5.74. The molecule has 2 amide bonds. The summed E-state index contributed by atoms with van der Waals surface area (Å²) in [6.07, 6.45) is -1.30. The van der Waals surface area contributed by atoms with Gasteiger partial charge in [0.05, 0.1) is 12.1 Å². The largest absolute Gasteiger partial charge is 0.390 e. The summed E-state index contributed by atoms with van der Waals surface area (Å²) in [5.41, 5.74) is 1.01. The lowest BCUT2D eigenvalue weighted by Gasteiger charge is -2.23. The van der Waals surface area contributed by atoms with E-state index in [-0.39, 0.29) is 11.9 Å². The number of hydrogen-bond donors (Lipinski definition) is 4. The maximum Gasteiger partial charge on any atom is 0.315 e. The first kappa shape index (κ1) is 13.8. The molecule has 1 aliphatic carbocycles. The number of rotatable bonds is 3. The number of urea groups is 1. The van der Waals surface area contributed by atoms with Crippen LogP contribution in [-0.4, -0.2) is 41.0 Å². The molecule has 0 spiro atoms. The molecule has 0 bridgehead atoms. The van der Waals surface area contributed by atoms with Crippen LogP contribution in [0.15, 0.2) is 30.3 Å². The number of aliphatic hydroxyl groups excluding tert-OH is 2. The lowest BCUT2D eigenvalue weighted by atomic mass is 9.94. The first-order valence-corrected chi connectivity index (χ1v) is 6.59. The summed E-state index contributed by atoms with van der Waals surface area (Å²) in [6.45, 7) is 2.35. The van der Waals surface area contributed by atoms with Crippen LogP contribution in [0.2, 0.25) is 0 Å². The van der Waals surface area contributed by atoms with E-state index < -0.39 is 18.2 Å². The Morgan fingerprint density at radius 1 is 1.32 bits per heavy atom. The van der Waals surface area contributed by atoms with Gasteiger partial charge in [0.2, 0.25) is 0 Å². The quantitative estimate of drug-likeness (QED) is 0.645. The highest BCUT2D eigenvalue weighted by Gasteiger charge is 2.42. The standard InChI is InChI=1S/C14H20N2O3/c1-2-15-14(19)16-12-10(8-11(17)13(12)18)9-6-4-3-5-7-9/h3-7,10-13,17-18H,2,8H2,1H3,(H2,15,16,19). The Morgan fingerprint density at radius 2 is 2.00 bits per heavy atom. The minimum absolute atomic E-state index is 0.0752. The van der Waals surface area contributed by atoms with E-state index in [0.29, 0.717) is 13.0 Å². The monoisotopic (exact) mass is 264 g/mol. The number of benzene rings is 1. The lowest BCUT2D eigenvalue weighted by Crippen LogP contribution is -2.49. The molecular formula is C14H20N2O3. The van der Waals surface area contributed by atoms with Crippen molar-refractivity contribution >= 4 is 6.03 Å². The molecular weight excluding hydrogens is 244 g/mol. The van der Waals surface area contributed by atoms with Gasteiger partial charge in [-0.1, -0.05) is 30.3 Å². The summed E-state index contributed by atoms with van der Waals surface area (Å²) >= 11 is 0. The third-order valence-electron chi connectivity index (χ3n) is 3.55. The van der Waals surface area contributed by atoms with Gasteiger partial charge in [-0.15, -0.1) is 0 Å². The Morgan fingerprint density at radius 3 is 2.63 bits per heavy atom. The molecule has 4 N–H and O–H groups in total. The predicted molar refractivity (Wildman–Crippen MR) is 71.8 cm³/mol. The molecule has 1 aromatic rings. The highest BCUT2D eigenvalue weighted by Crippen LogP contribution is 2.35. The predicted octanol–water partition coefficient (Wildman–Crippen LogP) is 0.583. The van der Waals surface area contributed by atoms with Crippen molar-refractivity contribution < 1.29 is 15.0 Å². The number of carbonyl (C=O) groups is 1. The molecule has 5 heteroatoms. The van der Waals surface area contributed by atoms with E-state index in [9.17, 15) is 15.0 Å². The number of nitrogens with one attached hydrogen (secondary N) is 2. The average molecular weight is 264 g/mol. The molecule has 0 heterocycles. The molecule has 0 aliphatic heterocycles. The van der Waals surface area contributed by atoms with E-state index in [0.717, 1.165) is 5.56 Å². The fraction of sp³-hybridized carbons (Fsp3) is 0.500. The number of hydrogen-bond acceptors (Lipinski definition) is 3. The van der Waals surface area contributed by atoms with Crippen molar-refractivity contribution in [3.63, 3.8) is 0 Å². The van der Waals surface area contributed by atoms with Crippen LogP contribution in [0.5, 0.6) is 0 Å². The molecule has 0 saturated heterocycles. The zero-order chi connectivity index (χ0) is 13.8. The van der Waals surface area contributed by atoms with Crippen LogP contribution in [0.4, 0.5) is 4.79 Å². The Kier molecular flexibility index (Phi) is 4.39. The minimum Gasteiger partial charge on any atom is -0.390 e. The zero-order valence-electron chi connectivity index (χ0n) is 10.9. The van der Waals surface area contributed by atoms with Gasteiger partial charge in [-0.25, -0.2) is 4.79 Å². The second-order valence-corrected chi connectivity index (χ2v) is 4.84. The van der Waals surface area contributed by atoms with E-state index in [1.165, 1.54) is 0 Å². The Labute approximate surface area is 112 Å². The van der Waals surface area contributed by atoms with Crippen LogP contribution in [0.1, 0.15) is 24.8 Å². The molecule has 5 nitrogen and oxygen atoms in total. The fourth-order valence-electron chi connectivity index (χ4n) is 2.62. The molecule has 1 aliphatic rings. The van der Waals surface area contributed by atoms with Crippen molar-refractivity contribution in [2.24, 2.45) is 0 Å². The van der Waals surface area contributed by atoms with Crippen LogP contribution < -0.4 is 10.6 Å². The fourth-order valence-corrected chi connectivity index (χ4v) is 2.62. The lowest BCUT2D eigenvalue weighted by molar-refractivity contribution is 0.0319. The van der Waals surface area contributed by atoms with E-state index in [2.05, 4.69) is 10.6 Å². The first-order valence-electron chi connectivity index (χ1n) is 6.59. The molecule has 4 unspecified atom stereocenters. The van der Waals surface area contributed by atoms with Crippen molar-refractivity contribution in [3.05, 3.63) is 35.9 Å². The number of aliphatic hydroxyl groups is 2. The molecule has 19 heavy (non-hydrogen) atoms. The minimum atomic E-state index is -0.937. The smallest absolute Gasteiger partial charge is 0.315 e. The third-order valence-corrected chi connectivity index (χ3v) is 3.55. The summed E-state index contributed by atoms with van der Waals surface area (Å²) in [6, 6.07) is 8.84. The van der Waals surface area contributed by atoms with Gasteiger partial charge in [-0.2, -0.15) is 0 Å². The van der Waals surface area contributed by atoms with Crippen LogP contribution in [0, 0.1) is 0 Å². The zero-order valence-corrected chi connectivity index (χ0v) is 10.9. The molecule has 0 aromatic heterocycles. The Bertz CT molecular complexity index is 424. The van der Waals surface area contributed by atoms with Crippen LogP contribution >= 0.6 is 0 Å². The molecule has 1 aromatic carbocycles. The van der Waals surface area contributed by atoms with Crippen LogP contribution in [0.25, 0.3) is 0 Å². The number of amides is 2. The van der Waals surface area contributed by atoms with Crippen molar-refractivity contribution in [1.29, 1.82) is 0 Å². The van der Waals surface area contributed by atoms with Gasteiger partial charge in [0.1, 0.15) is 6.10 Å². The first-order chi connectivity index (χ1) is 9.13. The molecule has 0 radical (unpaired) electrons. The summed E-state index contributed by atoms with van der Waals surface area (Å²) < 4.78 is 0. The van der Waals surface area contributed by atoms with Gasteiger partial charge in [0.15, 0.2) is 0 Å². The maximum absolute atomic E-state index is 11.6. The SMILES string of the molecule is CCNC(=O)NC1C(c2ccccc2)CC(O)C1O. The van der Waals surface area contributed by atoms with Gasteiger partial charge >= 0.3 is 6.03 Å². The topological polar surface area (TPSA) is 81.6 Å². The van der Waals surface area contributed by atoms with E-state index >= 15 is 0 Å². The van der Waals surface area contributed by atoms with Gasteiger partial charge in [-0.3, -0.25) is 0 Å². The van der Waals surface area contributed by atoms with Crippen molar-refractivity contribution in [2.75, 3.05) is 6.54 Å². The Balaban J connectivity index is 2.14. The molecule has 2 rings (SSSR count). The van der Waals surface area contributed by atoms with Gasteiger partial charge in [0.25, 0.3) is 0 Å². The number of carbonyl (C=O) groups excluding carboxylic acids is 1. The third kappa shape index (κ3) is 3.05.